The average Bonchev–Trinajstić information content (AvgIpc) is 2.80. The Morgan fingerprint density at radius 3 is 2.36 bits per heavy atom. The zero-order valence-corrected chi connectivity index (χ0v) is 12.4. The van der Waals surface area contributed by atoms with Crippen molar-refractivity contribution in [1.82, 2.24) is 0 Å². The minimum Gasteiger partial charge on any atom is -0.294 e. The Kier molecular flexibility index (Phi) is 2.58. The fourth-order valence-corrected chi connectivity index (χ4v) is 3.49. The largest absolute Gasteiger partial charge is 0.294 e. The fraction of sp³-hybridized carbons (Fsp3) is 0.100. The van der Waals surface area contributed by atoms with E-state index in [2.05, 4.69) is 0 Å². The topological polar surface area (TPSA) is 34.1 Å². The molecule has 0 spiro atoms. The summed E-state index contributed by atoms with van der Waals surface area (Å²) in [5, 5.41) is 2.00. The van der Waals surface area contributed by atoms with Crippen LogP contribution in [0.4, 0.5) is 0 Å². The maximum absolute atomic E-state index is 12.9. The molecule has 2 nitrogen and oxygen atoms in total. The van der Waals surface area contributed by atoms with E-state index in [0.29, 0.717) is 11.1 Å². The number of carbonyl (C=O) groups is 2. The highest BCUT2D eigenvalue weighted by atomic mass is 16.1. The SMILES string of the molecule is CC(=O)c1c(C)ccc2c1-c1ccc3ccccc3c1C2=O. The number of benzene rings is 3. The highest BCUT2D eigenvalue weighted by Crippen LogP contribution is 2.43. The molecule has 106 valence electrons. The van der Waals surface area contributed by atoms with E-state index in [9.17, 15) is 9.59 Å². The summed E-state index contributed by atoms with van der Waals surface area (Å²) in [6.07, 6.45) is 0. The molecule has 0 fully saturated rings. The first kappa shape index (κ1) is 13.0. The van der Waals surface area contributed by atoms with Crippen molar-refractivity contribution in [1.29, 1.82) is 0 Å². The van der Waals surface area contributed by atoms with Crippen LogP contribution in [-0.2, 0) is 0 Å². The Bertz CT molecular complexity index is 980. The molecule has 0 aliphatic heterocycles. The smallest absolute Gasteiger partial charge is 0.194 e. The summed E-state index contributed by atoms with van der Waals surface area (Å²) in [7, 11) is 0. The van der Waals surface area contributed by atoms with Gasteiger partial charge in [0.05, 0.1) is 0 Å². The summed E-state index contributed by atoms with van der Waals surface area (Å²) in [4.78, 5) is 25.0. The van der Waals surface area contributed by atoms with Crippen LogP contribution in [0.15, 0.2) is 48.5 Å². The molecule has 0 bridgehead atoms. The standard InChI is InChI=1S/C20H14O2/c1-11-7-9-16-18(17(11)12(2)21)15-10-8-13-5-3-4-6-14(13)19(15)20(16)22/h3-10H,1-2H3. The highest BCUT2D eigenvalue weighted by molar-refractivity contribution is 6.29. The zero-order chi connectivity index (χ0) is 15.4. The Morgan fingerprint density at radius 2 is 1.59 bits per heavy atom. The maximum Gasteiger partial charge on any atom is 0.194 e. The average molecular weight is 286 g/mol. The van der Waals surface area contributed by atoms with Gasteiger partial charge in [0, 0.05) is 22.3 Å². The molecular formula is C20H14O2. The molecule has 22 heavy (non-hydrogen) atoms. The van der Waals surface area contributed by atoms with Gasteiger partial charge in [0.15, 0.2) is 11.6 Å². The predicted octanol–water partition coefficient (Wildman–Crippen LogP) is 4.56. The fourth-order valence-electron chi connectivity index (χ4n) is 3.49. The summed E-state index contributed by atoms with van der Waals surface area (Å²) in [6.45, 7) is 3.48. The van der Waals surface area contributed by atoms with E-state index in [1.54, 1.807) is 6.92 Å². The van der Waals surface area contributed by atoms with Gasteiger partial charge in [-0.25, -0.2) is 0 Å². The lowest BCUT2D eigenvalue weighted by Crippen LogP contribution is -2.02. The van der Waals surface area contributed by atoms with Crippen LogP contribution in [-0.4, -0.2) is 11.6 Å². The van der Waals surface area contributed by atoms with Gasteiger partial charge in [-0.3, -0.25) is 9.59 Å². The monoisotopic (exact) mass is 286 g/mol. The number of ketones is 2. The second-order valence-electron chi connectivity index (χ2n) is 5.77. The molecule has 3 aromatic carbocycles. The molecular weight excluding hydrogens is 272 g/mol. The molecule has 0 N–H and O–H groups in total. The lowest BCUT2D eigenvalue weighted by molar-refractivity contribution is 0.101. The van der Waals surface area contributed by atoms with E-state index >= 15 is 0 Å². The normalized spacial score (nSPS) is 12.4. The molecule has 0 unspecified atom stereocenters. The van der Waals surface area contributed by atoms with Gasteiger partial charge in [-0.05, 0) is 35.7 Å². The summed E-state index contributed by atoms with van der Waals surface area (Å²) in [5.74, 6) is 0.0208. The highest BCUT2D eigenvalue weighted by Gasteiger charge is 2.32. The van der Waals surface area contributed by atoms with Gasteiger partial charge in [0.25, 0.3) is 0 Å². The quantitative estimate of drug-likeness (QED) is 0.481. The second kappa shape index (κ2) is 4.38. The third-order valence-electron chi connectivity index (χ3n) is 4.44. The van der Waals surface area contributed by atoms with E-state index < -0.39 is 0 Å². The first-order valence-electron chi connectivity index (χ1n) is 7.31. The van der Waals surface area contributed by atoms with Crippen molar-refractivity contribution in [2.45, 2.75) is 13.8 Å². The van der Waals surface area contributed by atoms with E-state index in [4.69, 9.17) is 0 Å². The van der Waals surface area contributed by atoms with Gasteiger partial charge in [-0.2, -0.15) is 0 Å². The van der Waals surface area contributed by atoms with Crippen LogP contribution in [0.1, 0.15) is 38.8 Å². The number of hydrogen-bond donors (Lipinski definition) is 0. The van der Waals surface area contributed by atoms with E-state index in [1.807, 2.05) is 55.5 Å². The minimum absolute atomic E-state index is 0.00292. The summed E-state index contributed by atoms with van der Waals surface area (Å²) >= 11 is 0. The number of aryl methyl sites for hydroxylation is 1. The van der Waals surface area contributed by atoms with Crippen LogP contribution in [0.2, 0.25) is 0 Å². The van der Waals surface area contributed by atoms with Crippen molar-refractivity contribution in [3.63, 3.8) is 0 Å². The van der Waals surface area contributed by atoms with Crippen LogP contribution in [0, 0.1) is 6.92 Å². The maximum atomic E-state index is 12.9. The first-order chi connectivity index (χ1) is 10.6. The molecule has 2 heteroatoms. The number of carbonyl (C=O) groups excluding carboxylic acids is 2. The Morgan fingerprint density at radius 1 is 0.864 bits per heavy atom. The molecule has 3 aromatic rings. The van der Waals surface area contributed by atoms with Gasteiger partial charge >= 0.3 is 0 Å². The van der Waals surface area contributed by atoms with Crippen LogP contribution in [0.25, 0.3) is 21.9 Å². The Hall–Kier alpha value is -2.74. The van der Waals surface area contributed by atoms with E-state index in [-0.39, 0.29) is 11.6 Å². The van der Waals surface area contributed by atoms with Gasteiger partial charge in [-0.1, -0.05) is 48.5 Å². The van der Waals surface area contributed by atoms with Crippen LogP contribution >= 0.6 is 0 Å². The summed E-state index contributed by atoms with van der Waals surface area (Å²) in [5.41, 5.74) is 4.63. The third-order valence-corrected chi connectivity index (χ3v) is 4.44. The van der Waals surface area contributed by atoms with Gasteiger partial charge < -0.3 is 0 Å². The van der Waals surface area contributed by atoms with Crippen molar-refractivity contribution in [3.8, 4) is 11.1 Å². The van der Waals surface area contributed by atoms with E-state index in [0.717, 1.165) is 33.0 Å². The predicted molar refractivity (Wildman–Crippen MR) is 87.6 cm³/mol. The third kappa shape index (κ3) is 1.55. The van der Waals surface area contributed by atoms with Crippen molar-refractivity contribution in [2.75, 3.05) is 0 Å². The molecule has 0 saturated heterocycles. The molecule has 0 saturated carbocycles. The number of fused-ring (bicyclic) bond motifs is 5. The molecule has 0 aromatic heterocycles. The van der Waals surface area contributed by atoms with Crippen molar-refractivity contribution in [2.24, 2.45) is 0 Å². The van der Waals surface area contributed by atoms with E-state index in [1.165, 1.54) is 0 Å². The van der Waals surface area contributed by atoms with Gasteiger partial charge in [0.1, 0.15) is 0 Å². The molecule has 4 rings (SSSR count). The van der Waals surface area contributed by atoms with Crippen LogP contribution < -0.4 is 0 Å². The van der Waals surface area contributed by atoms with Crippen molar-refractivity contribution < 1.29 is 9.59 Å². The van der Waals surface area contributed by atoms with Crippen LogP contribution in [0.5, 0.6) is 0 Å². The lowest BCUT2D eigenvalue weighted by atomic mass is 9.92. The molecule has 1 aliphatic rings. The first-order valence-corrected chi connectivity index (χ1v) is 7.31. The van der Waals surface area contributed by atoms with Crippen molar-refractivity contribution >= 4 is 22.3 Å². The minimum atomic E-state index is 0.00292. The van der Waals surface area contributed by atoms with Gasteiger partial charge in [-0.15, -0.1) is 0 Å². The summed E-state index contributed by atoms with van der Waals surface area (Å²) < 4.78 is 0. The molecule has 0 radical (unpaired) electrons. The van der Waals surface area contributed by atoms with Crippen LogP contribution in [0.3, 0.4) is 0 Å². The Balaban J connectivity index is 2.18. The molecule has 1 aliphatic carbocycles. The van der Waals surface area contributed by atoms with Crippen molar-refractivity contribution in [3.05, 3.63) is 70.8 Å². The molecule has 0 heterocycles. The Labute approximate surface area is 128 Å². The number of hydrogen-bond acceptors (Lipinski definition) is 2. The lowest BCUT2D eigenvalue weighted by Gasteiger charge is -2.10. The second-order valence-corrected chi connectivity index (χ2v) is 5.77. The molecule has 0 atom stereocenters. The molecule has 0 amide bonds. The number of Topliss-reactive ketones (excluding diaryl/α,β-unsaturated/α-hetero) is 1. The summed E-state index contributed by atoms with van der Waals surface area (Å²) in [6, 6.07) is 15.6. The van der Waals surface area contributed by atoms with Gasteiger partial charge in [0.2, 0.25) is 0 Å². The number of rotatable bonds is 1. The zero-order valence-electron chi connectivity index (χ0n) is 12.4.